The topological polar surface area (TPSA) is 28.0 Å². The molecule has 2 aliphatic rings. The van der Waals surface area contributed by atoms with Gasteiger partial charge in [0.25, 0.3) is 0 Å². The smallest absolute Gasteiger partial charge is 0.130 e. The largest absolute Gasteiger partial charge is 0.370 e. The van der Waals surface area contributed by atoms with Crippen LogP contribution in [0.1, 0.15) is 19.3 Å². The molecule has 0 unspecified atom stereocenters. The van der Waals surface area contributed by atoms with Gasteiger partial charge in [0.2, 0.25) is 0 Å². The quantitative estimate of drug-likeness (QED) is 0.726. The predicted octanol–water partition coefficient (Wildman–Crippen LogP) is 1.54. The van der Waals surface area contributed by atoms with Gasteiger partial charge in [0.05, 0.1) is 21.4 Å². The van der Waals surface area contributed by atoms with E-state index in [9.17, 15) is 0 Å². The Labute approximate surface area is 99.5 Å². The van der Waals surface area contributed by atoms with E-state index in [1.165, 1.54) is 19.3 Å². The molecule has 0 amide bonds. The normalized spacial score (nSPS) is 18.9. The molecular weight excluding hydrogens is 222 g/mol. The van der Waals surface area contributed by atoms with E-state index in [2.05, 4.69) is 21.0 Å². The van der Waals surface area contributed by atoms with Crippen molar-refractivity contribution in [3.05, 3.63) is 27.9 Å². The second-order valence-corrected chi connectivity index (χ2v) is 4.70. The van der Waals surface area contributed by atoms with E-state index in [1.807, 2.05) is 6.07 Å². The third kappa shape index (κ3) is 1.69. The summed E-state index contributed by atoms with van der Waals surface area (Å²) in [5.41, 5.74) is 1.13. The lowest BCUT2D eigenvalue weighted by Crippen LogP contribution is -2.32. The lowest BCUT2D eigenvalue weighted by molar-refractivity contribution is 0.577. The van der Waals surface area contributed by atoms with E-state index in [1.54, 1.807) is 0 Å². The summed E-state index contributed by atoms with van der Waals surface area (Å²) in [4.78, 5) is 11.0. The number of anilines is 1. The van der Waals surface area contributed by atoms with Gasteiger partial charge in [0, 0.05) is 13.1 Å². The van der Waals surface area contributed by atoms with Gasteiger partial charge in [-0.1, -0.05) is 11.6 Å². The van der Waals surface area contributed by atoms with Gasteiger partial charge in [-0.2, -0.15) is 0 Å². The van der Waals surface area contributed by atoms with Crippen LogP contribution >= 0.6 is 11.6 Å². The van der Waals surface area contributed by atoms with E-state index < -0.39 is 0 Å². The molecule has 3 rings (SSSR count). The summed E-state index contributed by atoms with van der Waals surface area (Å²) in [6.07, 6.45) is 3.85. The zero-order valence-electron chi connectivity index (χ0n) is 9.12. The molecule has 1 aromatic carbocycles. The monoisotopic (exact) mass is 235 g/mol. The fraction of sp³-hybridized carbons (Fsp3) is 0.500. The molecule has 0 aliphatic carbocycles. The van der Waals surface area contributed by atoms with Crippen LogP contribution < -0.4 is 15.6 Å². The van der Waals surface area contributed by atoms with Crippen LogP contribution in [0.5, 0.6) is 0 Å². The molecule has 0 atom stereocenters. The molecule has 1 saturated heterocycles. The van der Waals surface area contributed by atoms with Crippen molar-refractivity contribution in [3.63, 3.8) is 0 Å². The molecule has 84 valence electrons. The molecule has 1 aromatic rings. The van der Waals surface area contributed by atoms with Crippen molar-refractivity contribution in [2.45, 2.75) is 19.3 Å². The van der Waals surface area contributed by atoms with Crippen LogP contribution in [0.3, 0.4) is 0 Å². The highest BCUT2D eigenvalue weighted by molar-refractivity contribution is 6.33. The van der Waals surface area contributed by atoms with Crippen molar-refractivity contribution in [3.8, 4) is 0 Å². The standard InChI is InChI=1S/C12H14ClN3/c13-9-6-10-11(15-8-14-10)7-12(9)16-4-2-1-3-5-16/h6-7H,1-5,8H2. The first kappa shape index (κ1) is 10.1. The van der Waals surface area contributed by atoms with Gasteiger partial charge in [0.1, 0.15) is 6.67 Å². The highest BCUT2D eigenvalue weighted by atomic mass is 35.5. The SMILES string of the molecule is Clc1cc2c(cc1N1CCCCC1)=NCN=2. The first-order valence-electron chi connectivity index (χ1n) is 5.78. The third-order valence-corrected chi connectivity index (χ3v) is 3.53. The Balaban J connectivity index is 2.04. The van der Waals surface area contributed by atoms with Crippen molar-refractivity contribution < 1.29 is 0 Å². The maximum absolute atomic E-state index is 6.30. The Morgan fingerprint density at radius 1 is 1.00 bits per heavy atom. The zero-order valence-corrected chi connectivity index (χ0v) is 9.87. The van der Waals surface area contributed by atoms with Crippen molar-refractivity contribution >= 4 is 17.3 Å². The molecule has 3 nitrogen and oxygen atoms in total. The average molecular weight is 236 g/mol. The molecule has 4 heteroatoms. The van der Waals surface area contributed by atoms with Gasteiger partial charge in [-0.25, -0.2) is 0 Å². The van der Waals surface area contributed by atoms with E-state index in [4.69, 9.17) is 11.6 Å². The van der Waals surface area contributed by atoms with E-state index in [0.29, 0.717) is 6.67 Å². The highest BCUT2D eigenvalue weighted by Crippen LogP contribution is 2.25. The Morgan fingerprint density at radius 3 is 2.44 bits per heavy atom. The van der Waals surface area contributed by atoms with Gasteiger partial charge < -0.3 is 4.90 Å². The molecule has 16 heavy (non-hydrogen) atoms. The summed E-state index contributed by atoms with van der Waals surface area (Å²) in [7, 11) is 0. The fourth-order valence-electron chi connectivity index (χ4n) is 2.36. The minimum absolute atomic E-state index is 0.551. The number of benzene rings is 1. The Kier molecular flexibility index (Phi) is 2.56. The van der Waals surface area contributed by atoms with Gasteiger partial charge in [0.15, 0.2) is 0 Å². The van der Waals surface area contributed by atoms with Crippen LogP contribution in [-0.4, -0.2) is 19.8 Å². The van der Waals surface area contributed by atoms with E-state index >= 15 is 0 Å². The molecule has 2 heterocycles. The summed E-state index contributed by atoms with van der Waals surface area (Å²) in [5, 5.41) is 2.73. The molecule has 0 bridgehead atoms. The van der Waals surface area contributed by atoms with E-state index in [0.717, 1.165) is 34.5 Å². The van der Waals surface area contributed by atoms with Crippen molar-refractivity contribution in [1.29, 1.82) is 0 Å². The highest BCUT2D eigenvalue weighted by Gasteiger charge is 2.14. The second kappa shape index (κ2) is 4.06. The number of rotatable bonds is 1. The molecule has 0 saturated carbocycles. The number of piperidine rings is 1. The number of hydrogen-bond acceptors (Lipinski definition) is 3. The number of halogens is 1. The summed E-state index contributed by atoms with van der Waals surface area (Å²) in [5.74, 6) is 0. The number of hydrogen-bond donors (Lipinski definition) is 0. The van der Waals surface area contributed by atoms with Crippen LogP contribution in [0.2, 0.25) is 5.02 Å². The Morgan fingerprint density at radius 2 is 1.69 bits per heavy atom. The van der Waals surface area contributed by atoms with Gasteiger partial charge >= 0.3 is 0 Å². The van der Waals surface area contributed by atoms with Crippen LogP contribution in [0, 0.1) is 0 Å². The average Bonchev–Trinajstić information content (AvgIpc) is 2.76. The Bertz CT molecular complexity index is 518. The Hall–Kier alpha value is -1.09. The van der Waals surface area contributed by atoms with Crippen molar-refractivity contribution in [2.24, 2.45) is 9.98 Å². The lowest BCUT2D eigenvalue weighted by atomic mass is 10.1. The first-order valence-corrected chi connectivity index (χ1v) is 6.16. The molecule has 0 N–H and O–H groups in total. The molecule has 0 spiro atoms. The fourth-order valence-corrected chi connectivity index (χ4v) is 2.64. The summed E-state index contributed by atoms with van der Waals surface area (Å²) in [6.45, 7) is 2.76. The predicted molar refractivity (Wildman–Crippen MR) is 64.7 cm³/mol. The first-order chi connectivity index (χ1) is 7.84. The van der Waals surface area contributed by atoms with Gasteiger partial charge in [-0.3, -0.25) is 9.98 Å². The van der Waals surface area contributed by atoms with Crippen molar-refractivity contribution in [2.75, 3.05) is 24.7 Å². The lowest BCUT2D eigenvalue weighted by Gasteiger charge is -2.29. The molecule has 0 aromatic heterocycles. The summed E-state index contributed by atoms with van der Waals surface area (Å²) in [6, 6.07) is 4.02. The molecule has 2 aliphatic heterocycles. The maximum Gasteiger partial charge on any atom is 0.130 e. The third-order valence-electron chi connectivity index (χ3n) is 3.22. The van der Waals surface area contributed by atoms with Crippen LogP contribution in [0.15, 0.2) is 22.1 Å². The summed E-state index contributed by atoms with van der Waals surface area (Å²) >= 11 is 6.30. The minimum Gasteiger partial charge on any atom is -0.370 e. The van der Waals surface area contributed by atoms with Crippen LogP contribution in [0.25, 0.3) is 0 Å². The maximum atomic E-state index is 6.30. The van der Waals surface area contributed by atoms with Gasteiger partial charge in [-0.15, -0.1) is 0 Å². The minimum atomic E-state index is 0.551. The number of fused-ring (bicyclic) bond motifs is 1. The van der Waals surface area contributed by atoms with Crippen LogP contribution in [0.4, 0.5) is 5.69 Å². The van der Waals surface area contributed by atoms with E-state index in [-0.39, 0.29) is 0 Å². The van der Waals surface area contributed by atoms with Gasteiger partial charge in [-0.05, 0) is 31.4 Å². The van der Waals surface area contributed by atoms with Crippen molar-refractivity contribution in [1.82, 2.24) is 0 Å². The zero-order chi connectivity index (χ0) is 11.0. The summed E-state index contributed by atoms with van der Waals surface area (Å²) < 4.78 is 0. The van der Waals surface area contributed by atoms with Crippen LogP contribution in [-0.2, 0) is 0 Å². The molecule has 1 fully saturated rings. The number of nitrogens with zero attached hydrogens (tertiary/aromatic N) is 3. The molecule has 0 radical (unpaired) electrons. The molecular formula is C12H14ClN3. The second-order valence-electron chi connectivity index (χ2n) is 4.30.